The minimum Gasteiger partial charge on any atom is -0.369 e. The Hall–Kier alpha value is -2.70. The molecule has 1 fully saturated rings. The largest absolute Gasteiger partial charge is 0.369 e. The fourth-order valence-corrected chi connectivity index (χ4v) is 4.44. The Bertz CT molecular complexity index is 1070. The summed E-state index contributed by atoms with van der Waals surface area (Å²) in [6, 6.07) is 8.24. The molecule has 1 aliphatic carbocycles. The van der Waals surface area contributed by atoms with Crippen LogP contribution < -0.4 is 0 Å². The number of ether oxygens (including phenoxy) is 1. The van der Waals surface area contributed by atoms with Gasteiger partial charge in [-0.05, 0) is 62.1 Å². The van der Waals surface area contributed by atoms with Crippen molar-refractivity contribution in [2.45, 2.75) is 32.3 Å². The number of aromatic amines is 2. The minimum atomic E-state index is 0.277. The molecule has 6 heteroatoms. The van der Waals surface area contributed by atoms with Crippen LogP contribution >= 0.6 is 11.3 Å². The summed E-state index contributed by atoms with van der Waals surface area (Å²) in [5.74, 6) is 0. The quantitative estimate of drug-likeness (QED) is 0.613. The SMILES string of the molecule is Cc1ccc(-c2cnc(-c3cccnc3)s2)[nH]c2c([nH]1)CCC/C2=C\C1CO1. The average Bonchev–Trinajstić information content (AvgIpc) is 3.38. The number of hydrogen-bond acceptors (Lipinski definition) is 4. The van der Waals surface area contributed by atoms with Crippen LogP contribution in [0.15, 0.2) is 48.9 Å². The van der Waals surface area contributed by atoms with Crippen molar-refractivity contribution in [1.29, 1.82) is 0 Å². The first kappa shape index (κ1) is 17.4. The molecule has 0 spiro atoms. The van der Waals surface area contributed by atoms with Gasteiger partial charge in [0.25, 0.3) is 0 Å². The Morgan fingerprint density at radius 1 is 1.18 bits per heavy atom. The molecular weight excluding hydrogens is 368 g/mol. The molecule has 2 aliphatic rings. The first-order valence-electron chi connectivity index (χ1n) is 9.61. The van der Waals surface area contributed by atoms with Gasteiger partial charge >= 0.3 is 0 Å². The predicted octanol–water partition coefficient (Wildman–Crippen LogP) is 5.08. The fraction of sp³-hybridized carbons (Fsp3) is 0.273. The van der Waals surface area contributed by atoms with E-state index in [2.05, 4.69) is 45.1 Å². The molecule has 28 heavy (non-hydrogen) atoms. The van der Waals surface area contributed by atoms with E-state index in [9.17, 15) is 0 Å². The van der Waals surface area contributed by atoms with Crippen LogP contribution in [0.25, 0.3) is 26.7 Å². The second kappa shape index (κ2) is 7.37. The van der Waals surface area contributed by atoms with E-state index in [1.807, 2.05) is 24.5 Å². The molecule has 5 rings (SSSR count). The zero-order valence-corrected chi connectivity index (χ0v) is 16.6. The zero-order chi connectivity index (χ0) is 18.9. The number of aryl methyl sites for hydroxylation is 2. The Kier molecular flexibility index (Phi) is 4.58. The molecule has 142 valence electrons. The summed E-state index contributed by atoms with van der Waals surface area (Å²) in [4.78, 5) is 17.2. The van der Waals surface area contributed by atoms with Gasteiger partial charge in [-0.15, -0.1) is 11.3 Å². The number of nitrogens with one attached hydrogen (secondary N) is 2. The topological polar surface area (TPSA) is 69.9 Å². The van der Waals surface area contributed by atoms with Gasteiger partial charge in [0.15, 0.2) is 0 Å². The number of thiazole rings is 1. The minimum absolute atomic E-state index is 0.277. The van der Waals surface area contributed by atoms with Crippen LogP contribution in [0.1, 0.15) is 29.9 Å². The van der Waals surface area contributed by atoms with Gasteiger partial charge < -0.3 is 14.7 Å². The van der Waals surface area contributed by atoms with Crippen molar-refractivity contribution in [3.05, 3.63) is 66.0 Å². The standard InChI is InChI=1S/C22H22N4OS/c1-14-7-8-18(20-12-24-22(28-20)16-5-3-9-23-11-16)26-21-15(10-17-13-27-17)4-2-6-19(21)25-14/h3,5,7-12,17,25-26H,2,4,6,13H2,1H3/b14-7?,15-10+,18-8?. The van der Waals surface area contributed by atoms with E-state index in [0.29, 0.717) is 0 Å². The number of hydrogen-bond donors (Lipinski definition) is 2. The summed E-state index contributed by atoms with van der Waals surface area (Å²) in [6.07, 6.45) is 11.4. The molecule has 4 heterocycles. The second-order valence-corrected chi connectivity index (χ2v) is 8.25. The molecule has 0 radical (unpaired) electrons. The summed E-state index contributed by atoms with van der Waals surface area (Å²) in [5, 5.41) is 0.978. The van der Waals surface area contributed by atoms with Gasteiger partial charge in [0.1, 0.15) is 5.01 Å². The molecule has 0 aromatic carbocycles. The number of nitrogens with zero attached hydrogens (tertiary/aromatic N) is 2. The maximum absolute atomic E-state index is 5.44. The molecule has 1 aliphatic heterocycles. The average molecular weight is 391 g/mol. The number of allylic oxidation sites excluding steroid dienone is 1. The Morgan fingerprint density at radius 3 is 2.93 bits per heavy atom. The fourth-order valence-electron chi connectivity index (χ4n) is 3.55. The van der Waals surface area contributed by atoms with Crippen molar-refractivity contribution < 1.29 is 4.74 Å². The van der Waals surface area contributed by atoms with Gasteiger partial charge in [-0.2, -0.15) is 0 Å². The van der Waals surface area contributed by atoms with E-state index in [1.165, 1.54) is 17.0 Å². The van der Waals surface area contributed by atoms with E-state index >= 15 is 0 Å². The van der Waals surface area contributed by atoms with Crippen molar-refractivity contribution in [3.8, 4) is 21.1 Å². The van der Waals surface area contributed by atoms with Gasteiger partial charge in [-0.3, -0.25) is 4.98 Å². The highest BCUT2D eigenvalue weighted by molar-refractivity contribution is 7.18. The molecular formula is C22H22N4OS. The Morgan fingerprint density at radius 2 is 2.11 bits per heavy atom. The van der Waals surface area contributed by atoms with Crippen LogP contribution in [0.2, 0.25) is 0 Å². The third-order valence-electron chi connectivity index (χ3n) is 5.03. The normalized spacial score (nSPS) is 19.3. The summed E-state index contributed by atoms with van der Waals surface area (Å²) >= 11 is 1.68. The number of H-pyrrole nitrogens is 2. The van der Waals surface area contributed by atoms with Crippen molar-refractivity contribution in [2.24, 2.45) is 0 Å². The summed E-state index contributed by atoms with van der Waals surface area (Å²) in [6.45, 7) is 2.95. The van der Waals surface area contributed by atoms with Crippen molar-refractivity contribution in [1.82, 2.24) is 19.9 Å². The van der Waals surface area contributed by atoms with Crippen molar-refractivity contribution in [2.75, 3.05) is 6.61 Å². The van der Waals surface area contributed by atoms with Gasteiger partial charge in [-0.25, -0.2) is 4.98 Å². The number of aromatic nitrogens is 4. The number of epoxide rings is 1. The van der Waals surface area contributed by atoms with Crippen LogP contribution in [0.3, 0.4) is 0 Å². The number of pyridine rings is 1. The highest BCUT2D eigenvalue weighted by atomic mass is 32.1. The highest BCUT2D eigenvalue weighted by Crippen LogP contribution is 2.34. The summed E-state index contributed by atoms with van der Waals surface area (Å²) in [7, 11) is 0. The number of fused-ring (bicyclic) bond motifs is 1. The Balaban J connectivity index is 1.62. The van der Waals surface area contributed by atoms with E-state index < -0.39 is 0 Å². The predicted molar refractivity (Wildman–Crippen MR) is 113 cm³/mol. The summed E-state index contributed by atoms with van der Waals surface area (Å²) < 4.78 is 5.44. The smallest absolute Gasteiger partial charge is 0.125 e. The van der Waals surface area contributed by atoms with Crippen LogP contribution in [0, 0.1) is 6.92 Å². The first-order chi connectivity index (χ1) is 13.8. The third kappa shape index (κ3) is 3.66. The molecule has 1 saturated heterocycles. The molecule has 0 bridgehead atoms. The van der Waals surface area contributed by atoms with E-state index in [4.69, 9.17) is 4.74 Å². The van der Waals surface area contributed by atoms with E-state index in [1.54, 1.807) is 17.5 Å². The van der Waals surface area contributed by atoms with Crippen LogP contribution in [0.4, 0.5) is 0 Å². The second-order valence-electron chi connectivity index (χ2n) is 7.22. The molecule has 1 unspecified atom stereocenters. The van der Waals surface area contributed by atoms with Crippen molar-refractivity contribution in [3.63, 3.8) is 0 Å². The monoisotopic (exact) mass is 390 g/mol. The molecule has 3 aromatic heterocycles. The number of rotatable bonds is 3. The lowest BCUT2D eigenvalue weighted by molar-refractivity contribution is 0.440. The summed E-state index contributed by atoms with van der Waals surface area (Å²) in [5.41, 5.74) is 7.06. The lowest BCUT2D eigenvalue weighted by Gasteiger charge is -2.19. The van der Waals surface area contributed by atoms with Gasteiger partial charge in [0, 0.05) is 35.5 Å². The van der Waals surface area contributed by atoms with Crippen LogP contribution in [-0.2, 0) is 11.2 Å². The van der Waals surface area contributed by atoms with Crippen LogP contribution in [0.5, 0.6) is 0 Å². The van der Waals surface area contributed by atoms with Crippen LogP contribution in [-0.4, -0.2) is 32.6 Å². The van der Waals surface area contributed by atoms with E-state index in [0.717, 1.165) is 52.7 Å². The molecule has 0 amide bonds. The van der Waals surface area contributed by atoms with Gasteiger partial charge in [0.2, 0.25) is 0 Å². The van der Waals surface area contributed by atoms with Gasteiger partial charge in [0.05, 0.1) is 29.0 Å². The lowest BCUT2D eigenvalue weighted by atomic mass is 9.94. The maximum atomic E-state index is 5.44. The maximum Gasteiger partial charge on any atom is 0.125 e. The molecule has 2 N–H and O–H groups in total. The molecule has 0 saturated carbocycles. The molecule has 5 nitrogen and oxygen atoms in total. The first-order valence-corrected chi connectivity index (χ1v) is 10.4. The molecule has 1 atom stereocenters. The molecule has 3 aromatic rings. The zero-order valence-electron chi connectivity index (χ0n) is 15.7. The third-order valence-corrected chi connectivity index (χ3v) is 6.11. The highest BCUT2D eigenvalue weighted by Gasteiger charge is 2.23. The lowest BCUT2D eigenvalue weighted by Crippen LogP contribution is -2.07. The van der Waals surface area contributed by atoms with Gasteiger partial charge in [-0.1, -0.05) is 0 Å². The van der Waals surface area contributed by atoms with E-state index in [-0.39, 0.29) is 6.10 Å². The Labute approximate surface area is 167 Å². The van der Waals surface area contributed by atoms with Crippen molar-refractivity contribution >= 4 is 16.9 Å².